The topological polar surface area (TPSA) is 29.3 Å². The van der Waals surface area contributed by atoms with Crippen LogP contribution >= 0.6 is 0 Å². The molecule has 0 heterocycles. The third kappa shape index (κ3) is 2.77. The minimum atomic E-state index is -0.355. The third-order valence-corrected chi connectivity index (χ3v) is 2.73. The van der Waals surface area contributed by atoms with E-state index >= 15 is 0 Å². The van der Waals surface area contributed by atoms with Crippen molar-refractivity contribution in [3.63, 3.8) is 0 Å². The first kappa shape index (κ1) is 12.4. The first-order valence-corrected chi connectivity index (χ1v) is 5.57. The summed E-state index contributed by atoms with van der Waals surface area (Å²) >= 11 is 0. The third-order valence-electron chi connectivity index (χ3n) is 2.73. The second-order valence-corrected chi connectivity index (χ2v) is 4.19. The van der Waals surface area contributed by atoms with Gasteiger partial charge in [0.15, 0.2) is 0 Å². The summed E-state index contributed by atoms with van der Waals surface area (Å²) in [6.45, 7) is 0.579. The maximum Gasteiger partial charge on any atom is 0.125 e. The van der Waals surface area contributed by atoms with Crippen LogP contribution in [0, 0.1) is 11.6 Å². The van der Waals surface area contributed by atoms with Crippen LogP contribution in [-0.4, -0.2) is 7.05 Å². The van der Waals surface area contributed by atoms with E-state index in [0.717, 1.165) is 11.3 Å². The van der Waals surface area contributed by atoms with E-state index in [0.29, 0.717) is 12.2 Å². The fraction of sp³-hybridized carbons (Fsp3) is 0.143. The van der Waals surface area contributed by atoms with Gasteiger partial charge in [0, 0.05) is 13.6 Å². The van der Waals surface area contributed by atoms with Gasteiger partial charge in [-0.3, -0.25) is 0 Å². The molecule has 0 aromatic heterocycles. The molecule has 0 amide bonds. The van der Waals surface area contributed by atoms with Crippen molar-refractivity contribution in [3.8, 4) is 0 Å². The fourth-order valence-electron chi connectivity index (χ4n) is 1.82. The zero-order valence-corrected chi connectivity index (χ0v) is 10.0. The van der Waals surface area contributed by atoms with Crippen LogP contribution in [0.3, 0.4) is 0 Å². The summed E-state index contributed by atoms with van der Waals surface area (Å²) in [5.41, 5.74) is 7.86. The van der Waals surface area contributed by atoms with Crippen LogP contribution in [0.5, 0.6) is 0 Å². The number of nitrogens with zero attached hydrogens (tertiary/aromatic N) is 1. The predicted molar refractivity (Wildman–Crippen MR) is 69.3 cm³/mol. The highest BCUT2D eigenvalue weighted by Gasteiger charge is 2.07. The zero-order valence-electron chi connectivity index (χ0n) is 10.0. The molecule has 0 fully saturated rings. The number of rotatable bonds is 3. The van der Waals surface area contributed by atoms with E-state index in [-0.39, 0.29) is 11.6 Å². The van der Waals surface area contributed by atoms with Crippen molar-refractivity contribution in [2.24, 2.45) is 0 Å². The highest BCUT2D eigenvalue weighted by molar-refractivity contribution is 5.67. The molecule has 0 aliphatic rings. The number of anilines is 2. The summed E-state index contributed by atoms with van der Waals surface area (Å²) < 4.78 is 25.7. The van der Waals surface area contributed by atoms with Gasteiger partial charge in [0.1, 0.15) is 11.6 Å². The Morgan fingerprint density at radius 1 is 1.00 bits per heavy atom. The Balaban J connectivity index is 2.16. The van der Waals surface area contributed by atoms with Crippen molar-refractivity contribution < 1.29 is 8.78 Å². The maximum absolute atomic E-state index is 12.9. The molecular formula is C14H14F2N2. The Labute approximate surface area is 105 Å². The van der Waals surface area contributed by atoms with Crippen LogP contribution in [0.1, 0.15) is 5.56 Å². The van der Waals surface area contributed by atoms with Crippen LogP contribution in [0.15, 0.2) is 42.5 Å². The molecule has 0 atom stereocenters. The molecule has 0 bridgehead atoms. The molecule has 0 saturated heterocycles. The quantitative estimate of drug-likeness (QED) is 0.845. The van der Waals surface area contributed by atoms with Crippen LogP contribution in [0.25, 0.3) is 0 Å². The molecule has 0 spiro atoms. The van der Waals surface area contributed by atoms with Crippen molar-refractivity contribution in [1.82, 2.24) is 0 Å². The summed E-state index contributed by atoms with van der Waals surface area (Å²) in [4.78, 5) is 1.89. The number of halogens is 2. The van der Waals surface area contributed by atoms with E-state index in [1.807, 2.05) is 11.9 Å². The van der Waals surface area contributed by atoms with Gasteiger partial charge in [-0.25, -0.2) is 8.78 Å². The molecule has 0 saturated carbocycles. The lowest BCUT2D eigenvalue weighted by Gasteiger charge is -2.21. The van der Waals surface area contributed by atoms with Crippen LogP contribution < -0.4 is 10.6 Å². The van der Waals surface area contributed by atoms with Gasteiger partial charge >= 0.3 is 0 Å². The van der Waals surface area contributed by atoms with Crippen LogP contribution in [0.2, 0.25) is 0 Å². The van der Waals surface area contributed by atoms with Gasteiger partial charge in [0.25, 0.3) is 0 Å². The van der Waals surface area contributed by atoms with Gasteiger partial charge < -0.3 is 10.6 Å². The van der Waals surface area contributed by atoms with Gasteiger partial charge in [0.2, 0.25) is 0 Å². The molecule has 0 unspecified atom stereocenters. The van der Waals surface area contributed by atoms with Crippen molar-refractivity contribution in [3.05, 3.63) is 59.7 Å². The Hall–Kier alpha value is -2.10. The van der Waals surface area contributed by atoms with Crippen molar-refractivity contribution >= 4 is 11.4 Å². The monoisotopic (exact) mass is 248 g/mol. The molecule has 2 rings (SSSR count). The smallest absolute Gasteiger partial charge is 0.125 e. The minimum Gasteiger partial charge on any atom is -0.397 e. The summed E-state index contributed by atoms with van der Waals surface area (Å²) in [6, 6.07) is 10.5. The second kappa shape index (κ2) is 5.04. The Bertz CT molecular complexity index is 538. The van der Waals surface area contributed by atoms with Gasteiger partial charge in [-0.15, -0.1) is 0 Å². The van der Waals surface area contributed by atoms with Gasteiger partial charge in [-0.05, 0) is 35.9 Å². The van der Waals surface area contributed by atoms with E-state index < -0.39 is 0 Å². The van der Waals surface area contributed by atoms with E-state index in [9.17, 15) is 8.78 Å². The van der Waals surface area contributed by atoms with Crippen LogP contribution in [-0.2, 0) is 6.54 Å². The normalized spacial score (nSPS) is 10.4. The standard InChI is InChI=1S/C14H14F2N2/c1-18(9-10-2-4-11(15)5-3-10)14-7-6-12(16)8-13(14)17/h2-8H,9,17H2,1H3. The molecule has 94 valence electrons. The van der Waals surface area contributed by atoms with E-state index in [1.54, 1.807) is 18.2 Å². The molecular weight excluding hydrogens is 234 g/mol. The minimum absolute atomic E-state index is 0.261. The first-order valence-electron chi connectivity index (χ1n) is 5.57. The molecule has 0 aliphatic carbocycles. The first-order chi connectivity index (χ1) is 8.56. The molecule has 0 radical (unpaired) electrons. The Morgan fingerprint density at radius 3 is 2.22 bits per heavy atom. The fourth-order valence-corrected chi connectivity index (χ4v) is 1.82. The molecule has 2 N–H and O–H groups in total. The van der Waals surface area contributed by atoms with E-state index in [2.05, 4.69) is 0 Å². The molecule has 2 aromatic carbocycles. The van der Waals surface area contributed by atoms with Gasteiger partial charge in [-0.2, -0.15) is 0 Å². The van der Waals surface area contributed by atoms with E-state index in [1.165, 1.54) is 24.3 Å². The lowest BCUT2D eigenvalue weighted by molar-refractivity contribution is 0.626. The van der Waals surface area contributed by atoms with Crippen molar-refractivity contribution in [1.29, 1.82) is 0 Å². The summed E-state index contributed by atoms with van der Waals surface area (Å²) in [5.74, 6) is -0.617. The Kier molecular flexibility index (Phi) is 3.46. The summed E-state index contributed by atoms with van der Waals surface area (Å²) in [6.07, 6.45) is 0. The average Bonchev–Trinajstić information content (AvgIpc) is 2.32. The van der Waals surface area contributed by atoms with Gasteiger partial charge in [-0.1, -0.05) is 12.1 Å². The lowest BCUT2D eigenvalue weighted by Crippen LogP contribution is -2.17. The summed E-state index contributed by atoms with van der Waals surface area (Å²) in [5, 5.41) is 0. The molecule has 2 aromatic rings. The zero-order chi connectivity index (χ0) is 13.1. The van der Waals surface area contributed by atoms with Crippen LogP contribution in [0.4, 0.5) is 20.2 Å². The summed E-state index contributed by atoms with van der Waals surface area (Å²) in [7, 11) is 1.85. The van der Waals surface area contributed by atoms with E-state index in [4.69, 9.17) is 5.73 Å². The highest BCUT2D eigenvalue weighted by atomic mass is 19.1. The predicted octanol–water partition coefficient (Wildman–Crippen LogP) is 3.18. The number of hydrogen-bond donors (Lipinski definition) is 1. The van der Waals surface area contributed by atoms with Crippen molar-refractivity contribution in [2.75, 3.05) is 17.7 Å². The van der Waals surface area contributed by atoms with Crippen molar-refractivity contribution in [2.45, 2.75) is 6.54 Å². The maximum atomic E-state index is 12.9. The SMILES string of the molecule is CN(Cc1ccc(F)cc1)c1ccc(F)cc1N. The number of benzene rings is 2. The number of nitrogen functional groups attached to an aromatic ring is 1. The van der Waals surface area contributed by atoms with Gasteiger partial charge in [0.05, 0.1) is 11.4 Å². The average molecular weight is 248 g/mol. The number of hydrogen-bond acceptors (Lipinski definition) is 2. The highest BCUT2D eigenvalue weighted by Crippen LogP contribution is 2.24. The largest absolute Gasteiger partial charge is 0.397 e. The number of nitrogens with two attached hydrogens (primary N) is 1. The Morgan fingerprint density at radius 2 is 1.61 bits per heavy atom. The molecule has 4 heteroatoms. The molecule has 18 heavy (non-hydrogen) atoms. The molecule has 0 aliphatic heterocycles. The second-order valence-electron chi connectivity index (χ2n) is 4.19. The molecule has 2 nitrogen and oxygen atoms in total. The lowest BCUT2D eigenvalue weighted by atomic mass is 10.2.